The molecule has 3 aromatic heterocycles. The fourth-order valence-electron chi connectivity index (χ4n) is 3.36. The van der Waals surface area contributed by atoms with Crippen LogP contribution < -0.4 is 0 Å². The van der Waals surface area contributed by atoms with Gasteiger partial charge in [0.15, 0.2) is 0 Å². The molecule has 1 fully saturated rings. The van der Waals surface area contributed by atoms with Crippen LogP contribution in [0.2, 0.25) is 0 Å². The van der Waals surface area contributed by atoms with Gasteiger partial charge in [0.2, 0.25) is 5.91 Å². The number of aryl methyl sites for hydroxylation is 2. The summed E-state index contributed by atoms with van der Waals surface area (Å²) in [5.41, 5.74) is 3.15. The minimum Gasteiger partial charge on any atom is -0.342 e. The lowest BCUT2D eigenvalue weighted by Gasteiger charge is -2.26. The SMILES string of the molecule is Cc1cc(C)c2c(n1)sc1c(SCC(=O)N3CCCCC3)ncnc12. The van der Waals surface area contributed by atoms with Crippen molar-refractivity contribution in [3.63, 3.8) is 0 Å². The summed E-state index contributed by atoms with van der Waals surface area (Å²) in [5.74, 6) is 0.647. The normalized spacial score (nSPS) is 15.2. The molecule has 0 radical (unpaired) electrons. The van der Waals surface area contributed by atoms with Crippen molar-refractivity contribution in [3.8, 4) is 0 Å². The Morgan fingerprint density at radius 1 is 1.24 bits per heavy atom. The quantitative estimate of drug-likeness (QED) is 0.514. The van der Waals surface area contributed by atoms with E-state index >= 15 is 0 Å². The summed E-state index contributed by atoms with van der Waals surface area (Å²) in [7, 11) is 0. The fraction of sp³-hybridized carbons (Fsp3) is 0.444. The first-order valence-corrected chi connectivity index (χ1v) is 10.4. The molecule has 25 heavy (non-hydrogen) atoms. The number of pyridine rings is 1. The van der Waals surface area contributed by atoms with Gasteiger partial charge in [-0.25, -0.2) is 15.0 Å². The first kappa shape index (κ1) is 16.7. The van der Waals surface area contributed by atoms with Crippen LogP contribution in [-0.2, 0) is 4.79 Å². The Kier molecular flexibility index (Phi) is 4.60. The van der Waals surface area contributed by atoms with Crippen molar-refractivity contribution in [2.24, 2.45) is 0 Å². The van der Waals surface area contributed by atoms with E-state index in [1.165, 1.54) is 23.7 Å². The monoisotopic (exact) mass is 372 g/mol. The van der Waals surface area contributed by atoms with Crippen LogP contribution in [0.3, 0.4) is 0 Å². The lowest BCUT2D eigenvalue weighted by Crippen LogP contribution is -2.36. The molecule has 5 nitrogen and oxygen atoms in total. The summed E-state index contributed by atoms with van der Waals surface area (Å²) in [6, 6.07) is 2.09. The molecule has 4 heterocycles. The van der Waals surface area contributed by atoms with E-state index in [1.54, 1.807) is 17.7 Å². The van der Waals surface area contributed by atoms with Crippen LogP contribution >= 0.6 is 23.1 Å². The highest BCUT2D eigenvalue weighted by atomic mass is 32.2. The third-order valence-corrected chi connectivity index (χ3v) is 6.74. The van der Waals surface area contributed by atoms with Crippen LogP contribution in [0.15, 0.2) is 17.4 Å². The maximum atomic E-state index is 12.4. The van der Waals surface area contributed by atoms with Gasteiger partial charge in [-0.1, -0.05) is 11.8 Å². The largest absolute Gasteiger partial charge is 0.342 e. The van der Waals surface area contributed by atoms with Gasteiger partial charge in [0.25, 0.3) is 0 Å². The van der Waals surface area contributed by atoms with Crippen molar-refractivity contribution >= 4 is 49.4 Å². The molecule has 0 bridgehead atoms. The molecule has 0 saturated carbocycles. The molecule has 130 valence electrons. The topological polar surface area (TPSA) is 59.0 Å². The Hall–Kier alpha value is -1.73. The highest BCUT2D eigenvalue weighted by Crippen LogP contribution is 2.38. The number of likely N-dealkylation sites (tertiary alicyclic amines) is 1. The van der Waals surface area contributed by atoms with Gasteiger partial charge in [0.05, 0.1) is 16.0 Å². The predicted molar refractivity (Wildman–Crippen MR) is 103 cm³/mol. The van der Waals surface area contributed by atoms with Gasteiger partial charge in [-0.05, 0) is 44.7 Å². The first-order valence-electron chi connectivity index (χ1n) is 8.55. The minimum atomic E-state index is 0.211. The molecular weight excluding hydrogens is 352 g/mol. The molecule has 1 amide bonds. The maximum Gasteiger partial charge on any atom is 0.232 e. The minimum absolute atomic E-state index is 0.211. The molecule has 0 unspecified atom stereocenters. The molecule has 0 atom stereocenters. The predicted octanol–water partition coefficient (Wildman–Crippen LogP) is 3.96. The van der Waals surface area contributed by atoms with E-state index in [1.807, 2.05) is 11.8 Å². The van der Waals surface area contributed by atoms with Crippen LogP contribution in [-0.4, -0.2) is 44.6 Å². The zero-order chi connectivity index (χ0) is 17.4. The highest BCUT2D eigenvalue weighted by molar-refractivity contribution is 8.00. The van der Waals surface area contributed by atoms with Crippen LogP contribution in [0.25, 0.3) is 20.4 Å². The zero-order valence-corrected chi connectivity index (χ0v) is 16.0. The van der Waals surface area contributed by atoms with Gasteiger partial charge < -0.3 is 4.90 Å². The Bertz CT molecular complexity index is 947. The number of aromatic nitrogens is 3. The standard InChI is InChI=1S/C18H20N4OS2/c1-11-8-12(2)21-17-14(11)15-16(25-17)18(20-10-19-15)24-9-13(23)22-6-4-3-5-7-22/h8,10H,3-7,9H2,1-2H3. The van der Waals surface area contributed by atoms with E-state index in [2.05, 4.69) is 27.9 Å². The van der Waals surface area contributed by atoms with E-state index in [9.17, 15) is 4.79 Å². The fourth-order valence-corrected chi connectivity index (χ4v) is 5.58. The summed E-state index contributed by atoms with van der Waals surface area (Å²) in [6.07, 6.45) is 5.07. The summed E-state index contributed by atoms with van der Waals surface area (Å²) < 4.78 is 1.04. The van der Waals surface area contributed by atoms with Gasteiger partial charge in [0.1, 0.15) is 16.2 Å². The summed E-state index contributed by atoms with van der Waals surface area (Å²) in [6.45, 7) is 5.89. The van der Waals surface area contributed by atoms with Gasteiger partial charge in [-0.2, -0.15) is 0 Å². The van der Waals surface area contributed by atoms with Gasteiger partial charge in [-0.3, -0.25) is 4.79 Å². The van der Waals surface area contributed by atoms with E-state index in [4.69, 9.17) is 0 Å². The lowest BCUT2D eigenvalue weighted by molar-refractivity contribution is -0.129. The molecule has 1 aliphatic heterocycles. The summed E-state index contributed by atoms with van der Waals surface area (Å²) in [4.78, 5) is 29.0. The van der Waals surface area contributed by atoms with Crippen molar-refractivity contribution in [3.05, 3.63) is 23.7 Å². The Morgan fingerprint density at radius 2 is 2.04 bits per heavy atom. The third-order valence-electron chi connectivity index (χ3n) is 4.56. The van der Waals surface area contributed by atoms with Gasteiger partial charge in [-0.15, -0.1) is 11.3 Å². The Morgan fingerprint density at radius 3 is 2.84 bits per heavy atom. The number of fused-ring (bicyclic) bond motifs is 3. The third kappa shape index (κ3) is 3.22. The molecule has 0 aromatic carbocycles. The zero-order valence-electron chi connectivity index (χ0n) is 14.4. The average molecular weight is 373 g/mol. The van der Waals surface area contributed by atoms with E-state index < -0.39 is 0 Å². The van der Waals surface area contributed by atoms with Crippen molar-refractivity contribution in [2.75, 3.05) is 18.8 Å². The van der Waals surface area contributed by atoms with Crippen molar-refractivity contribution in [2.45, 2.75) is 38.1 Å². The van der Waals surface area contributed by atoms with Crippen LogP contribution in [0.5, 0.6) is 0 Å². The molecule has 0 N–H and O–H groups in total. The van der Waals surface area contributed by atoms with Crippen LogP contribution in [0, 0.1) is 13.8 Å². The number of carbonyl (C=O) groups excluding carboxylic acids is 1. The Labute approximate surface area is 154 Å². The number of rotatable bonds is 3. The number of thiophene rings is 1. The van der Waals surface area contributed by atoms with E-state index in [0.717, 1.165) is 57.1 Å². The highest BCUT2D eigenvalue weighted by Gasteiger charge is 2.19. The van der Waals surface area contributed by atoms with Crippen molar-refractivity contribution < 1.29 is 4.79 Å². The second-order valence-electron chi connectivity index (χ2n) is 6.45. The Balaban J connectivity index is 1.63. The molecule has 4 rings (SSSR count). The second-order valence-corrected chi connectivity index (χ2v) is 8.41. The number of hydrogen-bond acceptors (Lipinski definition) is 6. The molecule has 1 saturated heterocycles. The van der Waals surface area contributed by atoms with Crippen molar-refractivity contribution in [1.82, 2.24) is 19.9 Å². The molecule has 7 heteroatoms. The summed E-state index contributed by atoms with van der Waals surface area (Å²) >= 11 is 3.14. The molecular formula is C18H20N4OS2. The number of thioether (sulfide) groups is 1. The molecule has 1 aliphatic rings. The summed E-state index contributed by atoms with van der Waals surface area (Å²) in [5, 5.41) is 1.99. The maximum absolute atomic E-state index is 12.4. The first-order chi connectivity index (χ1) is 12.1. The van der Waals surface area contributed by atoms with Crippen LogP contribution in [0.1, 0.15) is 30.5 Å². The van der Waals surface area contributed by atoms with Gasteiger partial charge in [0, 0.05) is 24.2 Å². The van der Waals surface area contributed by atoms with Gasteiger partial charge >= 0.3 is 0 Å². The average Bonchev–Trinajstić information content (AvgIpc) is 2.99. The number of carbonyl (C=O) groups is 1. The van der Waals surface area contributed by atoms with Crippen molar-refractivity contribution in [1.29, 1.82) is 0 Å². The molecule has 0 aliphatic carbocycles. The smallest absolute Gasteiger partial charge is 0.232 e. The second kappa shape index (κ2) is 6.88. The molecule has 3 aromatic rings. The lowest BCUT2D eigenvalue weighted by atomic mass is 10.1. The van der Waals surface area contributed by atoms with Crippen LogP contribution in [0.4, 0.5) is 0 Å². The number of piperidine rings is 1. The van der Waals surface area contributed by atoms with E-state index in [0.29, 0.717) is 5.75 Å². The molecule has 0 spiro atoms. The van der Waals surface area contributed by atoms with E-state index in [-0.39, 0.29) is 5.91 Å². The number of hydrogen-bond donors (Lipinski definition) is 0. The number of amides is 1. The number of nitrogens with zero attached hydrogens (tertiary/aromatic N) is 4.